The van der Waals surface area contributed by atoms with Gasteiger partial charge in [0.25, 0.3) is 0 Å². The van der Waals surface area contributed by atoms with E-state index in [2.05, 4.69) is 0 Å². The van der Waals surface area contributed by atoms with Crippen molar-refractivity contribution >= 4 is 10.0 Å². The number of sulfonamides is 1. The molecule has 1 heterocycles. The Balaban J connectivity index is 2.66. The predicted molar refractivity (Wildman–Crippen MR) is 61.6 cm³/mol. The Kier molecular flexibility index (Phi) is 4.91. The van der Waals surface area contributed by atoms with Crippen LogP contribution in [0.3, 0.4) is 0 Å². The summed E-state index contributed by atoms with van der Waals surface area (Å²) in [6.07, 6.45) is 2.58. The molecule has 0 radical (unpaired) electrons. The number of ether oxygens (including phenoxy) is 1. The van der Waals surface area contributed by atoms with Crippen LogP contribution in [0.5, 0.6) is 0 Å². The third kappa shape index (κ3) is 3.04. The van der Waals surface area contributed by atoms with E-state index in [0.29, 0.717) is 26.1 Å². The molecule has 1 rings (SSSR count). The summed E-state index contributed by atoms with van der Waals surface area (Å²) < 4.78 is 30.2. The quantitative estimate of drug-likeness (QED) is 0.695. The first-order valence-corrected chi connectivity index (χ1v) is 6.79. The number of aliphatic hydroxyl groups is 1. The first kappa shape index (κ1) is 13.6. The fourth-order valence-electron chi connectivity index (χ4n) is 1.59. The van der Waals surface area contributed by atoms with E-state index >= 15 is 0 Å². The van der Waals surface area contributed by atoms with Crippen LogP contribution in [-0.2, 0) is 14.8 Å². The Bertz CT molecular complexity index is 350. The van der Waals surface area contributed by atoms with Gasteiger partial charge in [-0.2, -0.15) is 4.31 Å². The standard InChI is InChI=1S/C10H19NO4S/c1-9(7-12)16(13,14)11-5-3-10(4-6-11)8-15-2/h3,9,12H,4-8H2,1-2H3. The molecule has 1 unspecified atom stereocenters. The van der Waals surface area contributed by atoms with Gasteiger partial charge < -0.3 is 9.84 Å². The summed E-state index contributed by atoms with van der Waals surface area (Å²) in [5.41, 5.74) is 1.13. The highest BCUT2D eigenvalue weighted by atomic mass is 32.2. The molecule has 0 bridgehead atoms. The van der Waals surface area contributed by atoms with Gasteiger partial charge in [0.2, 0.25) is 10.0 Å². The van der Waals surface area contributed by atoms with E-state index in [1.54, 1.807) is 7.11 Å². The highest BCUT2D eigenvalue weighted by Gasteiger charge is 2.29. The summed E-state index contributed by atoms with van der Waals surface area (Å²) in [7, 11) is -1.73. The lowest BCUT2D eigenvalue weighted by atomic mass is 10.1. The Hall–Kier alpha value is -0.430. The molecule has 1 atom stereocenters. The minimum absolute atomic E-state index is 0.340. The normalized spacial score (nSPS) is 20.6. The molecule has 1 aliphatic heterocycles. The van der Waals surface area contributed by atoms with E-state index in [-0.39, 0.29) is 6.61 Å². The average Bonchev–Trinajstić information content (AvgIpc) is 2.29. The SMILES string of the molecule is COCC1=CCN(S(=O)(=O)C(C)CO)CC1. The zero-order valence-corrected chi connectivity index (χ0v) is 10.5. The van der Waals surface area contributed by atoms with Crippen LogP contribution < -0.4 is 0 Å². The van der Waals surface area contributed by atoms with Gasteiger partial charge in [-0.3, -0.25) is 0 Å². The van der Waals surface area contributed by atoms with E-state index in [9.17, 15) is 8.42 Å². The minimum Gasteiger partial charge on any atom is -0.395 e. The molecule has 94 valence electrons. The lowest BCUT2D eigenvalue weighted by Crippen LogP contribution is -2.41. The van der Waals surface area contributed by atoms with Crippen molar-refractivity contribution < 1.29 is 18.3 Å². The molecule has 16 heavy (non-hydrogen) atoms. The first-order chi connectivity index (χ1) is 7.52. The topological polar surface area (TPSA) is 66.8 Å². The van der Waals surface area contributed by atoms with Crippen LogP contribution in [0.1, 0.15) is 13.3 Å². The third-order valence-electron chi connectivity index (χ3n) is 2.72. The van der Waals surface area contributed by atoms with Gasteiger partial charge >= 0.3 is 0 Å². The van der Waals surface area contributed by atoms with Crippen molar-refractivity contribution in [1.82, 2.24) is 4.31 Å². The molecule has 1 aliphatic rings. The van der Waals surface area contributed by atoms with Crippen molar-refractivity contribution in [2.75, 3.05) is 33.4 Å². The molecule has 0 fully saturated rings. The number of aliphatic hydroxyl groups excluding tert-OH is 1. The molecule has 6 heteroatoms. The highest BCUT2D eigenvalue weighted by molar-refractivity contribution is 7.89. The van der Waals surface area contributed by atoms with Gasteiger partial charge in [0.15, 0.2) is 0 Å². The summed E-state index contributed by atoms with van der Waals surface area (Å²) in [5.74, 6) is 0. The van der Waals surface area contributed by atoms with Crippen molar-refractivity contribution in [1.29, 1.82) is 0 Å². The van der Waals surface area contributed by atoms with Crippen LogP contribution in [0.2, 0.25) is 0 Å². The van der Waals surface area contributed by atoms with E-state index in [1.165, 1.54) is 11.2 Å². The fourth-order valence-corrected chi connectivity index (χ4v) is 2.91. The fraction of sp³-hybridized carbons (Fsp3) is 0.800. The second kappa shape index (κ2) is 5.77. The Morgan fingerprint density at radius 2 is 2.31 bits per heavy atom. The molecular formula is C10H19NO4S. The Labute approximate surface area is 96.8 Å². The predicted octanol–water partition coefficient (Wildman–Crippen LogP) is -0.0245. The van der Waals surface area contributed by atoms with Crippen LogP contribution in [0.4, 0.5) is 0 Å². The molecule has 1 N–H and O–H groups in total. The number of methoxy groups -OCH3 is 1. The molecule has 0 saturated heterocycles. The zero-order chi connectivity index (χ0) is 12.2. The van der Waals surface area contributed by atoms with Crippen molar-refractivity contribution in [3.05, 3.63) is 11.6 Å². The van der Waals surface area contributed by atoms with E-state index < -0.39 is 15.3 Å². The largest absolute Gasteiger partial charge is 0.395 e. The second-order valence-corrected chi connectivity index (χ2v) is 6.29. The molecule has 0 aromatic carbocycles. The van der Waals surface area contributed by atoms with Crippen molar-refractivity contribution in [3.8, 4) is 0 Å². The van der Waals surface area contributed by atoms with E-state index in [4.69, 9.17) is 9.84 Å². The van der Waals surface area contributed by atoms with Gasteiger partial charge in [0, 0.05) is 20.2 Å². The molecular weight excluding hydrogens is 230 g/mol. The smallest absolute Gasteiger partial charge is 0.219 e. The summed E-state index contributed by atoms with van der Waals surface area (Å²) in [6.45, 7) is 2.59. The van der Waals surface area contributed by atoms with Crippen LogP contribution in [0.15, 0.2) is 11.6 Å². The van der Waals surface area contributed by atoms with Crippen molar-refractivity contribution in [2.45, 2.75) is 18.6 Å². The Morgan fingerprint density at radius 1 is 1.62 bits per heavy atom. The number of hydrogen-bond donors (Lipinski definition) is 1. The maximum atomic E-state index is 11.9. The molecule has 0 spiro atoms. The van der Waals surface area contributed by atoms with E-state index in [0.717, 1.165) is 5.57 Å². The summed E-state index contributed by atoms with van der Waals surface area (Å²) >= 11 is 0. The van der Waals surface area contributed by atoms with E-state index in [1.807, 2.05) is 6.08 Å². The lowest BCUT2D eigenvalue weighted by Gasteiger charge is -2.27. The maximum Gasteiger partial charge on any atom is 0.219 e. The van der Waals surface area contributed by atoms with Gasteiger partial charge in [-0.05, 0) is 18.9 Å². The zero-order valence-electron chi connectivity index (χ0n) is 9.72. The monoisotopic (exact) mass is 249 g/mol. The first-order valence-electron chi connectivity index (χ1n) is 5.29. The van der Waals surface area contributed by atoms with Gasteiger partial charge in [0.05, 0.1) is 18.5 Å². The van der Waals surface area contributed by atoms with Crippen LogP contribution in [0, 0.1) is 0 Å². The van der Waals surface area contributed by atoms with Gasteiger partial charge in [0.1, 0.15) is 0 Å². The van der Waals surface area contributed by atoms with Crippen LogP contribution in [-0.4, -0.2) is 56.5 Å². The molecule has 0 aromatic rings. The lowest BCUT2D eigenvalue weighted by molar-refractivity contribution is 0.219. The molecule has 0 aromatic heterocycles. The third-order valence-corrected chi connectivity index (χ3v) is 4.94. The molecule has 0 amide bonds. The van der Waals surface area contributed by atoms with Crippen molar-refractivity contribution in [3.63, 3.8) is 0 Å². The number of hydrogen-bond acceptors (Lipinski definition) is 4. The number of rotatable bonds is 5. The second-order valence-electron chi connectivity index (χ2n) is 3.94. The molecule has 0 saturated carbocycles. The van der Waals surface area contributed by atoms with Crippen LogP contribution >= 0.6 is 0 Å². The summed E-state index contributed by atoms with van der Waals surface area (Å²) in [6, 6.07) is 0. The van der Waals surface area contributed by atoms with Gasteiger partial charge in [-0.25, -0.2) is 8.42 Å². The average molecular weight is 249 g/mol. The minimum atomic E-state index is -3.35. The molecule has 0 aliphatic carbocycles. The maximum absolute atomic E-state index is 11.9. The van der Waals surface area contributed by atoms with Crippen LogP contribution in [0.25, 0.3) is 0 Å². The Morgan fingerprint density at radius 3 is 2.75 bits per heavy atom. The van der Waals surface area contributed by atoms with Gasteiger partial charge in [-0.15, -0.1) is 0 Å². The van der Waals surface area contributed by atoms with Crippen molar-refractivity contribution in [2.24, 2.45) is 0 Å². The highest BCUT2D eigenvalue weighted by Crippen LogP contribution is 2.17. The molecule has 5 nitrogen and oxygen atoms in total. The number of nitrogens with zero attached hydrogens (tertiary/aromatic N) is 1. The summed E-state index contributed by atoms with van der Waals surface area (Å²) in [5, 5.41) is 8.16. The van der Waals surface area contributed by atoms with Gasteiger partial charge in [-0.1, -0.05) is 6.08 Å². The summed E-state index contributed by atoms with van der Waals surface area (Å²) in [4.78, 5) is 0.